The summed E-state index contributed by atoms with van der Waals surface area (Å²) in [6.07, 6.45) is 8.06. The van der Waals surface area contributed by atoms with Gasteiger partial charge in [0.2, 0.25) is 5.89 Å². The highest BCUT2D eigenvalue weighted by molar-refractivity contribution is 5.70. The molecular weight excluding hydrogens is 454 g/mol. The summed E-state index contributed by atoms with van der Waals surface area (Å²) in [5.41, 5.74) is 4.24. The molecule has 2 bridgehead atoms. The molecule has 6 rings (SSSR count). The highest BCUT2D eigenvalue weighted by Gasteiger charge is 2.46. The minimum Gasteiger partial charge on any atom is -0.469 e. The Labute approximate surface area is 211 Å². The molecule has 2 aromatic carbocycles. The van der Waals surface area contributed by atoms with E-state index in [-0.39, 0.29) is 11.6 Å². The van der Waals surface area contributed by atoms with Gasteiger partial charge in [0, 0.05) is 17.5 Å². The summed E-state index contributed by atoms with van der Waals surface area (Å²) in [5.74, 6) is 1.92. The number of anilines is 2. The molecule has 2 heterocycles. The van der Waals surface area contributed by atoms with E-state index in [1.165, 1.54) is 31.1 Å². The zero-order valence-electron chi connectivity index (χ0n) is 20.7. The lowest BCUT2D eigenvalue weighted by atomic mass is 9.67. The van der Waals surface area contributed by atoms with E-state index >= 15 is 0 Å². The molecule has 2 saturated carbocycles. The van der Waals surface area contributed by atoms with Gasteiger partial charge in [-0.1, -0.05) is 54.3 Å². The first-order valence-corrected chi connectivity index (χ1v) is 13.1. The van der Waals surface area contributed by atoms with Crippen LogP contribution in [0.3, 0.4) is 0 Å². The largest absolute Gasteiger partial charge is 0.469 e. The van der Waals surface area contributed by atoms with Gasteiger partial charge in [0.1, 0.15) is 0 Å². The average molecular weight is 488 g/mol. The Morgan fingerprint density at radius 2 is 1.78 bits per heavy atom. The maximum absolute atomic E-state index is 11.9. The number of esters is 1. The number of aromatic nitrogens is 2. The summed E-state index contributed by atoms with van der Waals surface area (Å²) in [6.45, 7) is 0.666. The molecule has 0 amide bonds. The van der Waals surface area contributed by atoms with Crippen molar-refractivity contribution in [3.05, 3.63) is 60.0 Å². The SMILES string of the molecule is COC(=O)CC12CCCC(C1)C(c1ccc(-c3ccc(Nc4nnc(C5CCC5)o4)cc3)cc1)CO2. The second kappa shape index (κ2) is 9.69. The number of rotatable bonds is 7. The Morgan fingerprint density at radius 1 is 1.03 bits per heavy atom. The van der Waals surface area contributed by atoms with E-state index in [2.05, 4.69) is 51.9 Å². The van der Waals surface area contributed by atoms with Crippen LogP contribution in [0.25, 0.3) is 11.1 Å². The predicted molar refractivity (Wildman–Crippen MR) is 136 cm³/mol. The van der Waals surface area contributed by atoms with Gasteiger partial charge in [0.25, 0.3) is 0 Å². The van der Waals surface area contributed by atoms with Crippen molar-refractivity contribution in [1.82, 2.24) is 10.2 Å². The Morgan fingerprint density at radius 3 is 2.47 bits per heavy atom. The molecule has 3 fully saturated rings. The van der Waals surface area contributed by atoms with Crippen LogP contribution < -0.4 is 5.32 Å². The molecule has 1 aromatic heterocycles. The van der Waals surface area contributed by atoms with Crippen LogP contribution in [0.5, 0.6) is 0 Å². The smallest absolute Gasteiger partial charge is 0.320 e. The van der Waals surface area contributed by atoms with E-state index in [4.69, 9.17) is 13.9 Å². The standard InChI is InChI=1S/C29H33N3O4/c1-34-26(33)17-29-15-3-6-23(16-29)25(18-35-29)21-9-7-19(8-10-21)20-11-13-24(14-12-20)30-28-32-31-27(36-28)22-4-2-5-22/h7-14,22-23,25H,2-6,15-18H2,1H3,(H,30,32). The second-order valence-corrected chi connectivity index (χ2v) is 10.6. The van der Waals surface area contributed by atoms with E-state index in [0.29, 0.717) is 36.8 Å². The van der Waals surface area contributed by atoms with Crippen LogP contribution in [0.1, 0.15) is 74.7 Å². The van der Waals surface area contributed by atoms with Gasteiger partial charge in [-0.15, -0.1) is 5.10 Å². The number of methoxy groups -OCH3 is 1. The van der Waals surface area contributed by atoms with Crippen molar-refractivity contribution in [3.63, 3.8) is 0 Å². The van der Waals surface area contributed by atoms with Crippen LogP contribution in [0.2, 0.25) is 0 Å². The lowest BCUT2D eigenvalue weighted by Gasteiger charge is -2.48. The fraction of sp³-hybridized carbons (Fsp3) is 0.483. The summed E-state index contributed by atoms with van der Waals surface area (Å²) in [4.78, 5) is 11.9. The zero-order chi connectivity index (χ0) is 24.5. The van der Waals surface area contributed by atoms with Crippen LogP contribution in [0, 0.1) is 5.92 Å². The van der Waals surface area contributed by atoms with Gasteiger partial charge in [-0.3, -0.25) is 4.79 Å². The Balaban J connectivity index is 1.10. The first-order chi connectivity index (χ1) is 17.6. The van der Waals surface area contributed by atoms with Gasteiger partial charge in [-0.25, -0.2) is 0 Å². The molecule has 3 aliphatic rings. The van der Waals surface area contributed by atoms with Crippen LogP contribution >= 0.6 is 0 Å². The van der Waals surface area contributed by atoms with Gasteiger partial charge >= 0.3 is 12.0 Å². The van der Waals surface area contributed by atoms with Crippen molar-refractivity contribution in [2.75, 3.05) is 19.0 Å². The summed E-state index contributed by atoms with van der Waals surface area (Å²) in [5, 5.41) is 11.5. The zero-order valence-corrected chi connectivity index (χ0v) is 20.7. The predicted octanol–water partition coefficient (Wildman–Crippen LogP) is 6.35. The van der Waals surface area contributed by atoms with Crippen LogP contribution in [-0.4, -0.2) is 35.5 Å². The van der Waals surface area contributed by atoms with Crippen molar-refractivity contribution in [2.45, 2.75) is 68.8 Å². The molecule has 2 aliphatic carbocycles. The normalized spacial score (nSPS) is 25.7. The number of benzene rings is 2. The number of hydrogen-bond donors (Lipinski definition) is 1. The van der Waals surface area contributed by atoms with E-state index in [0.717, 1.165) is 49.2 Å². The van der Waals surface area contributed by atoms with Crippen molar-refractivity contribution in [1.29, 1.82) is 0 Å². The lowest BCUT2D eigenvalue weighted by Crippen LogP contribution is -2.47. The summed E-state index contributed by atoms with van der Waals surface area (Å²) >= 11 is 0. The third-order valence-corrected chi connectivity index (χ3v) is 8.38. The van der Waals surface area contributed by atoms with Crippen molar-refractivity contribution < 1.29 is 18.7 Å². The topological polar surface area (TPSA) is 86.5 Å². The van der Waals surface area contributed by atoms with Gasteiger partial charge in [0.15, 0.2) is 0 Å². The summed E-state index contributed by atoms with van der Waals surface area (Å²) in [7, 11) is 1.45. The van der Waals surface area contributed by atoms with Crippen LogP contribution in [-0.2, 0) is 14.3 Å². The molecule has 188 valence electrons. The first-order valence-electron chi connectivity index (χ1n) is 13.1. The maximum atomic E-state index is 11.9. The molecule has 3 unspecified atom stereocenters. The molecular formula is C29H33N3O4. The molecule has 36 heavy (non-hydrogen) atoms. The highest BCUT2D eigenvalue weighted by atomic mass is 16.5. The maximum Gasteiger partial charge on any atom is 0.320 e. The van der Waals surface area contributed by atoms with Gasteiger partial charge in [-0.2, -0.15) is 0 Å². The van der Waals surface area contributed by atoms with Crippen molar-refractivity contribution in [2.24, 2.45) is 5.92 Å². The Hall–Kier alpha value is -3.19. The third kappa shape index (κ3) is 4.64. The van der Waals surface area contributed by atoms with Crippen LogP contribution in [0.4, 0.5) is 11.7 Å². The molecule has 1 N–H and O–H groups in total. The van der Waals surface area contributed by atoms with Gasteiger partial charge < -0.3 is 19.2 Å². The Kier molecular flexibility index (Phi) is 6.25. The third-order valence-electron chi connectivity index (χ3n) is 8.38. The van der Waals surface area contributed by atoms with E-state index < -0.39 is 0 Å². The quantitative estimate of drug-likeness (QED) is 0.388. The number of ether oxygens (including phenoxy) is 2. The van der Waals surface area contributed by atoms with Gasteiger partial charge in [-0.05, 0) is 66.8 Å². The second-order valence-electron chi connectivity index (χ2n) is 10.6. The van der Waals surface area contributed by atoms with E-state index in [9.17, 15) is 4.79 Å². The number of nitrogens with zero attached hydrogens (tertiary/aromatic N) is 2. The molecule has 3 atom stereocenters. The number of carbonyl (C=O) groups is 1. The minimum absolute atomic E-state index is 0.171. The molecule has 7 heteroatoms. The molecule has 0 radical (unpaired) electrons. The first kappa shape index (κ1) is 23.2. The number of fused-ring (bicyclic) bond motifs is 2. The number of hydrogen-bond acceptors (Lipinski definition) is 7. The van der Waals surface area contributed by atoms with E-state index in [1.54, 1.807) is 0 Å². The number of nitrogens with one attached hydrogen (secondary N) is 1. The molecule has 3 aromatic rings. The fourth-order valence-electron chi connectivity index (χ4n) is 6.06. The van der Waals surface area contributed by atoms with Crippen LogP contribution in [0.15, 0.2) is 52.9 Å². The lowest BCUT2D eigenvalue weighted by molar-refractivity contribution is -0.165. The summed E-state index contributed by atoms with van der Waals surface area (Å²) in [6, 6.07) is 17.6. The highest BCUT2D eigenvalue weighted by Crippen LogP contribution is 2.48. The summed E-state index contributed by atoms with van der Waals surface area (Å²) < 4.78 is 17.0. The molecule has 7 nitrogen and oxygen atoms in total. The molecule has 1 aliphatic heterocycles. The van der Waals surface area contributed by atoms with Crippen molar-refractivity contribution >= 4 is 17.7 Å². The van der Waals surface area contributed by atoms with E-state index in [1.807, 2.05) is 12.1 Å². The molecule has 0 spiro atoms. The van der Waals surface area contributed by atoms with Gasteiger partial charge in [0.05, 0.1) is 25.7 Å². The van der Waals surface area contributed by atoms with Crippen molar-refractivity contribution in [3.8, 4) is 11.1 Å². The molecule has 1 saturated heterocycles. The number of carbonyl (C=O) groups excluding carboxylic acids is 1. The average Bonchev–Trinajstić information content (AvgIpc) is 3.31. The minimum atomic E-state index is -0.331. The monoisotopic (exact) mass is 487 g/mol. The Bertz CT molecular complexity index is 1200. The fourth-order valence-corrected chi connectivity index (χ4v) is 6.06.